The molecule has 1 aromatic carbocycles. The Morgan fingerprint density at radius 2 is 2.16 bits per heavy atom. The summed E-state index contributed by atoms with van der Waals surface area (Å²) in [5.41, 5.74) is 0. The van der Waals surface area contributed by atoms with Crippen molar-refractivity contribution < 1.29 is 23.0 Å². The molecule has 0 aliphatic carbocycles. The van der Waals surface area contributed by atoms with Crippen LogP contribution in [0, 0.1) is 11.6 Å². The van der Waals surface area contributed by atoms with Crippen molar-refractivity contribution in [3.63, 3.8) is 0 Å². The average molecular weight is 306 g/mol. The number of benzene rings is 1. The minimum atomic E-state index is -1.14. The summed E-state index contributed by atoms with van der Waals surface area (Å²) in [5, 5.41) is -0.210. The third-order valence-corrected chi connectivity index (χ3v) is 3.35. The van der Waals surface area contributed by atoms with Crippen molar-refractivity contribution in [1.29, 1.82) is 0 Å². The molecule has 19 heavy (non-hydrogen) atoms. The molecule has 0 amide bonds. The maximum atomic E-state index is 13.4. The smallest absolute Gasteiger partial charge is 0.351 e. The second-order valence-corrected chi connectivity index (χ2v) is 4.56. The van der Waals surface area contributed by atoms with Gasteiger partial charge >= 0.3 is 5.97 Å². The Kier molecular flexibility index (Phi) is 3.96. The molecule has 0 fully saturated rings. The molecule has 100 valence electrons. The molecule has 1 heterocycles. The second kappa shape index (κ2) is 5.50. The fraction of sp³-hybridized carbons (Fsp3) is 0.0909. The highest BCUT2D eigenvalue weighted by atomic mass is 35.5. The zero-order valence-electron chi connectivity index (χ0n) is 9.45. The van der Waals surface area contributed by atoms with E-state index in [9.17, 15) is 13.6 Å². The van der Waals surface area contributed by atoms with Gasteiger partial charge in [-0.3, -0.25) is 0 Å². The first-order valence-corrected chi connectivity index (χ1v) is 6.09. The molecule has 0 aliphatic heterocycles. The number of rotatable bonds is 3. The maximum Gasteiger partial charge on any atom is 0.351 e. The minimum absolute atomic E-state index is 0.0241. The van der Waals surface area contributed by atoms with E-state index in [1.54, 1.807) is 0 Å². The number of aromatic nitrogens is 1. The molecular formula is C11H6ClF2NO3S. The largest absolute Gasteiger partial charge is 0.465 e. The molecule has 0 atom stereocenters. The lowest BCUT2D eigenvalue weighted by atomic mass is 10.3. The lowest BCUT2D eigenvalue weighted by Gasteiger charge is -2.02. The Hall–Kier alpha value is -1.73. The molecule has 0 spiro atoms. The van der Waals surface area contributed by atoms with E-state index in [0.717, 1.165) is 17.4 Å². The quantitative estimate of drug-likeness (QED) is 0.812. The van der Waals surface area contributed by atoms with Gasteiger partial charge in [0.15, 0.2) is 21.6 Å². The maximum absolute atomic E-state index is 13.4. The van der Waals surface area contributed by atoms with E-state index in [4.69, 9.17) is 16.3 Å². The molecule has 0 radical (unpaired) electrons. The van der Waals surface area contributed by atoms with Crippen LogP contribution < -0.4 is 4.74 Å². The zero-order chi connectivity index (χ0) is 14.0. The summed E-state index contributed by atoms with van der Waals surface area (Å²) in [6.07, 6.45) is 0. The normalized spacial score (nSPS) is 10.3. The third-order valence-electron chi connectivity index (χ3n) is 2.05. The first kappa shape index (κ1) is 13.7. The molecule has 1 aromatic heterocycles. The van der Waals surface area contributed by atoms with Gasteiger partial charge in [0.2, 0.25) is 5.82 Å². The van der Waals surface area contributed by atoms with Gasteiger partial charge in [0.05, 0.1) is 7.11 Å². The van der Waals surface area contributed by atoms with E-state index in [1.165, 1.54) is 19.2 Å². The molecule has 2 aromatic rings. The number of esters is 1. The Balaban J connectivity index is 2.29. The van der Waals surface area contributed by atoms with Crippen LogP contribution in [0.25, 0.3) is 0 Å². The molecular weight excluding hydrogens is 300 g/mol. The van der Waals surface area contributed by atoms with Gasteiger partial charge < -0.3 is 9.47 Å². The number of hydrogen-bond donors (Lipinski definition) is 0. The first-order valence-electron chi connectivity index (χ1n) is 4.89. The summed E-state index contributed by atoms with van der Waals surface area (Å²) in [6.45, 7) is 0. The summed E-state index contributed by atoms with van der Waals surface area (Å²) < 4.78 is 35.9. The second-order valence-electron chi connectivity index (χ2n) is 3.25. The average Bonchev–Trinajstić information content (AvgIpc) is 2.75. The van der Waals surface area contributed by atoms with Gasteiger partial charge in [0, 0.05) is 0 Å². The van der Waals surface area contributed by atoms with Gasteiger partial charge in [-0.15, -0.1) is 0 Å². The van der Waals surface area contributed by atoms with Crippen LogP contribution in [0.15, 0.2) is 18.2 Å². The van der Waals surface area contributed by atoms with E-state index in [-0.39, 0.29) is 21.0 Å². The Labute approximate surface area is 115 Å². The van der Waals surface area contributed by atoms with Crippen LogP contribution in [0.1, 0.15) is 9.67 Å². The molecule has 0 N–H and O–H groups in total. The van der Waals surface area contributed by atoms with E-state index in [2.05, 4.69) is 9.72 Å². The molecule has 0 bridgehead atoms. The van der Waals surface area contributed by atoms with Crippen molar-refractivity contribution in [2.24, 2.45) is 0 Å². The van der Waals surface area contributed by atoms with Crippen molar-refractivity contribution in [3.05, 3.63) is 39.9 Å². The zero-order valence-corrected chi connectivity index (χ0v) is 11.0. The summed E-state index contributed by atoms with van der Waals surface area (Å²) >= 11 is 6.48. The molecule has 0 unspecified atom stereocenters. The van der Waals surface area contributed by atoms with Gasteiger partial charge in [-0.2, -0.15) is 9.37 Å². The minimum Gasteiger partial charge on any atom is -0.465 e. The van der Waals surface area contributed by atoms with Crippen molar-refractivity contribution in [2.45, 2.75) is 0 Å². The Morgan fingerprint density at radius 1 is 1.42 bits per heavy atom. The van der Waals surface area contributed by atoms with Crippen molar-refractivity contribution >= 4 is 28.9 Å². The summed E-state index contributed by atoms with van der Waals surface area (Å²) in [6, 6.07) is 3.46. The molecule has 0 saturated carbocycles. The summed E-state index contributed by atoms with van der Waals surface area (Å²) in [5.74, 6) is -3.22. The van der Waals surface area contributed by atoms with Crippen molar-refractivity contribution in [3.8, 4) is 10.9 Å². The number of ether oxygens (including phenoxy) is 2. The Morgan fingerprint density at radius 3 is 2.84 bits per heavy atom. The van der Waals surface area contributed by atoms with Crippen LogP contribution in [0.2, 0.25) is 5.15 Å². The van der Waals surface area contributed by atoms with Crippen LogP contribution in [0.5, 0.6) is 10.9 Å². The molecule has 0 aliphatic rings. The molecule has 0 saturated heterocycles. The van der Waals surface area contributed by atoms with Crippen LogP contribution in [-0.4, -0.2) is 18.1 Å². The van der Waals surface area contributed by atoms with Crippen LogP contribution in [0.4, 0.5) is 8.78 Å². The Bertz CT molecular complexity index is 632. The molecule has 2 rings (SSSR count). The fourth-order valence-corrected chi connectivity index (χ4v) is 2.26. The first-order chi connectivity index (χ1) is 9.02. The van der Waals surface area contributed by atoms with Crippen LogP contribution in [-0.2, 0) is 4.74 Å². The topological polar surface area (TPSA) is 48.4 Å². The number of methoxy groups -OCH3 is 1. The van der Waals surface area contributed by atoms with Gasteiger partial charge in [-0.05, 0) is 12.1 Å². The highest BCUT2D eigenvalue weighted by Crippen LogP contribution is 2.33. The van der Waals surface area contributed by atoms with E-state index in [0.29, 0.717) is 0 Å². The number of carbonyl (C=O) groups is 1. The number of hydrogen-bond acceptors (Lipinski definition) is 5. The number of thiazole rings is 1. The number of nitrogens with zero attached hydrogens (tertiary/aromatic N) is 1. The van der Waals surface area contributed by atoms with Crippen LogP contribution in [0.3, 0.4) is 0 Å². The fourth-order valence-electron chi connectivity index (χ4n) is 1.20. The predicted octanol–water partition coefficient (Wildman–Crippen LogP) is 3.65. The lowest BCUT2D eigenvalue weighted by Crippen LogP contribution is -1.98. The van der Waals surface area contributed by atoms with E-state index < -0.39 is 17.6 Å². The summed E-state index contributed by atoms with van der Waals surface area (Å²) in [4.78, 5) is 15.0. The van der Waals surface area contributed by atoms with Crippen molar-refractivity contribution in [2.75, 3.05) is 7.11 Å². The highest BCUT2D eigenvalue weighted by molar-refractivity contribution is 7.15. The summed E-state index contributed by atoms with van der Waals surface area (Å²) in [7, 11) is 1.19. The monoisotopic (exact) mass is 305 g/mol. The van der Waals surface area contributed by atoms with Crippen molar-refractivity contribution in [1.82, 2.24) is 4.98 Å². The number of halogens is 3. The highest BCUT2D eigenvalue weighted by Gasteiger charge is 2.19. The third kappa shape index (κ3) is 2.82. The van der Waals surface area contributed by atoms with Gasteiger partial charge in [0.1, 0.15) is 0 Å². The van der Waals surface area contributed by atoms with Gasteiger partial charge in [-0.1, -0.05) is 29.0 Å². The number of carbonyl (C=O) groups excluding carboxylic acids is 1. The van der Waals surface area contributed by atoms with E-state index >= 15 is 0 Å². The molecule has 8 heteroatoms. The van der Waals surface area contributed by atoms with Gasteiger partial charge in [0.25, 0.3) is 5.19 Å². The standard InChI is InChI=1S/C11H6ClF2NO3S/c1-17-10(16)8-9(12)15-11(19-8)18-6-4-2-3-5(13)7(6)14/h2-4H,1H3. The molecule has 4 nitrogen and oxygen atoms in total. The van der Waals surface area contributed by atoms with Crippen LogP contribution >= 0.6 is 22.9 Å². The van der Waals surface area contributed by atoms with E-state index in [1.807, 2.05) is 0 Å². The predicted molar refractivity (Wildman–Crippen MR) is 64.9 cm³/mol. The SMILES string of the molecule is COC(=O)c1sc(Oc2cccc(F)c2F)nc1Cl. The lowest BCUT2D eigenvalue weighted by molar-refractivity contribution is 0.0606. The van der Waals surface area contributed by atoms with Gasteiger partial charge in [-0.25, -0.2) is 9.18 Å².